The zero-order chi connectivity index (χ0) is 11.6. The minimum absolute atomic E-state index is 0.0250. The number of furan rings is 1. The first kappa shape index (κ1) is 11.2. The quantitative estimate of drug-likeness (QED) is 0.816. The molecule has 1 aromatic heterocycles. The van der Waals surface area contributed by atoms with Gasteiger partial charge in [-0.2, -0.15) is 0 Å². The van der Waals surface area contributed by atoms with Crippen LogP contribution in [-0.4, -0.2) is 11.4 Å². The van der Waals surface area contributed by atoms with E-state index in [1.54, 1.807) is 6.07 Å². The highest BCUT2D eigenvalue weighted by Crippen LogP contribution is 2.34. The Balaban J connectivity index is 2.02. The van der Waals surface area contributed by atoms with Crippen LogP contribution >= 0.6 is 0 Å². The van der Waals surface area contributed by atoms with Crippen LogP contribution in [0.1, 0.15) is 48.7 Å². The maximum Gasteiger partial charge on any atom is 0.254 e. The number of carbonyl (C=O) groups excluding carboxylic acids is 1. The summed E-state index contributed by atoms with van der Waals surface area (Å²) in [5, 5.41) is 3.09. The average molecular weight is 222 g/mol. The van der Waals surface area contributed by atoms with E-state index < -0.39 is 0 Å². The van der Waals surface area contributed by atoms with Crippen molar-refractivity contribution in [1.29, 1.82) is 0 Å². The number of nitrogens with two attached hydrogens (primary N) is 1. The van der Waals surface area contributed by atoms with Gasteiger partial charge in [0.05, 0.1) is 12.1 Å². The first-order valence-electron chi connectivity index (χ1n) is 5.79. The lowest BCUT2D eigenvalue weighted by molar-refractivity contribution is 0.0820. The normalized spacial score (nSPS) is 17.9. The molecule has 2 rings (SSSR count). The lowest BCUT2D eigenvalue weighted by atomic mass is 9.75. The second-order valence-corrected chi connectivity index (χ2v) is 4.45. The molecule has 0 atom stereocenters. The molecule has 1 fully saturated rings. The van der Waals surface area contributed by atoms with E-state index in [9.17, 15) is 4.79 Å². The summed E-state index contributed by atoms with van der Waals surface area (Å²) in [5.74, 6) is 0.592. The van der Waals surface area contributed by atoms with E-state index in [2.05, 4.69) is 12.2 Å². The third kappa shape index (κ3) is 1.97. The number of hydrogen-bond donors (Lipinski definition) is 2. The standard InChI is InChI=1S/C12H18N2O2/c1-2-12(4-3-5-12)14-11(15)9-6-10(7-13)16-8-9/h6,8H,2-5,7,13H2,1H3,(H,14,15). The van der Waals surface area contributed by atoms with Gasteiger partial charge in [-0.25, -0.2) is 0 Å². The highest BCUT2D eigenvalue weighted by Gasteiger charge is 2.36. The number of nitrogens with one attached hydrogen (secondary N) is 1. The van der Waals surface area contributed by atoms with Crippen LogP contribution in [0.25, 0.3) is 0 Å². The van der Waals surface area contributed by atoms with Crippen molar-refractivity contribution in [2.45, 2.75) is 44.7 Å². The van der Waals surface area contributed by atoms with Crippen LogP contribution in [-0.2, 0) is 6.54 Å². The average Bonchev–Trinajstić information content (AvgIpc) is 2.71. The van der Waals surface area contributed by atoms with Crippen LogP contribution in [0.3, 0.4) is 0 Å². The maximum absolute atomic E-state index is 11.9. The van der Waals surface area contributed by atoms with Crippen molar-refractivity contribution in [1.82, 2.24) is 5.32 Å². The van der Waals surface area contributed by atoms with Crippen molar-refractivity contribution in [3.8, 4) is 0 Å². The summed E-state index contributed by atoms with van der Waals surface area (Å²) in [5.41, 5.74) is 6.02. The Morgan fingerprint density at radius 1 is 1.62 bits per heavy atom. The SMILES string of the molecule is CCC1(NC(=O)c2coc(CN)c2)CCC1. The van der Waals surface area contributed by atoms with Crippen LogP contribution in [0.2, 0.25) is 0 Å². The van der Waals surface area contributed by atoms with Gasteiger partial charge in [0, 0.05) is 5.54 Å². The largest absolute Gasteiger partial charge is 0.467 e. The molecular weight excluding hydrogens is 204 g/mol. The van der Waals surface area contributed by atoms with Gasteiger partial charge in [0.2, 0.25) is 0 Å². The molecule has 1 heterocycles. The van der Waals surface area contributed by atoms with E-state index in [4.69, 9.17) is 10.2 Å². The van der Waals surface area contributed by atoms with Crippen LogP contribution in [0.4, 0.5) is 0 Å². The highest BCUT2D eigenvalue weighted by molar-refractivity contribution is 5.94. The Morgan fingerprint density at radius 3 is 2.81 bits per heavy atom. The van der Waals surface area contributed by atoms with Crippen LogP contribution in [0.5, 0.6) is 0 Å². The van der Waals surface area contributed by atoms with Crippen molar-refractivity contribution in [2.75, 3.05) is 0 Å². The molecule has 0 aliphatic heterocycles. The van der Waals surface area contributed by atoms with Gasteiger partial charge in [-0.05, 0) is 31.7 Å². The third-order valence-corrected chi connectivity index (χ3v) is 3.48. The second kappa shape index (κ2) is 4.29. The number of hydrogen-bond acceptors (Lipinski definition) is 3. The Bertz CT molecular complexity index is 375. The summed E-state index contributed by atoms with van der Waals surface area (Å²) in [6.07, 6.45) is 5.82. The van der Waals surface area contributed by atoms with E-state index in [0.29, 0.717) is 17.9 Å². The molecule has 0 radical (unpaired) electrons. The molecule has 0 aromatic carbocycles. The topological polar surface area (TPSA) is 68.3 Å². The molecule has 4 heteroatoms. The Hall–Kier alpha value is -1.29. The van der Waals surface area contributed by atoms with E-state index in [0.717, 1.165) is 19.3 Å². The molecule has 16 heavy (non-hydrogen) atoms. The van der Waals surface area contributed by atoms with E-state index >= 15 is 0 Å². The van der Waals surface area contributed by atoms with Gasteiger partial charge >= 0.3 is 0 Å². The summed E-state index contributed by atoms with van der Waals surface area (Å²) in [6.45, 7) is 2.44. The summed E-state index contributed by atoms with van der Waals surface area (Å²) >= 11 is 0. The third-order valence-electron chi connectivity index (χ3n) is 3.48. The Morgan fingerprint density at radius 2 is 2.38 bits per heavy atom. The molecule has 0 saturated heterocycles. The second-order valence-electron chi connectivity index (χ2n) is 4.45. The van der Waals surface area contributed by atoms with Crippen molar-refractivity contribution < 1.29 is 9.21 Å². The molecule has 0 spiro atoms. The highest BCUT2D eigenvalue weighted by atomic mass is 16.3. The first-order chi connectivity index (χ1) is 7.69. The van der Waals surface area contributed by atoms with E-state index in [1.807, 2.05) is 0 Å². The summed E-state index contributed by atoms with van der Waals surface area (Å²) < 4.78 is 5.15. The lowest BCUT2D eigenvalue weighted by Gasteiger charge is -2.41. The van der Waals surface area contributed by atoms with E-state index in [1.165, 1.54) is 12.7 Å². The van der Waals surface area contributed by atoms with Crippen molar-refractivity contribution in [2.24, 2.45) is 5.73 Å². The van der Waals surface area contributed by atoms with Crippen molar-refractivity contribution >= 4 is 5.91 Å². The van der Waals surface area contributed by atoms with Crippen LogP contribution in [0, 0.1) is 0 Å². The molecule has 3 N–H and O–H groups in total. The molecule has 1 amide bonds. The monoisotopic (exact) mass is 222 g/mol. The van der Waals surface area contributed by atoms with Crippen molar-refractivity contribution in [3.05, 3.63) is 23.7 Å². The summed E-state index contributed by atoms with van der Waals surface area (Å²) in [4.78, 5) is 11.9. The fourth-order valence-corrected chi connectivity index (χ4v) is 2.09. The number of rotatable bonds is 4. The van der Waals surface area contributed by atoms with Gasteiger partial charge in [-0.3, -0.25) is 4.79 Å². The molecule has 1 saturated carbocycles. The molecule has 1 aromatic rings. The first-order valence-corrected chi connectivity index (χ1v) is 5.79. The van der Waals surface area contributed by atoms with Crippen LogP contribution < -0.4 is 11.1 Å². The number of carbonyl (C=O) groups is 1. The number of amides is 1. The lowest BCUT2D eigenvalue weighted by Crippen LogP contribution is -2.52. The van der Waals surface area contributed by atoms with Gasteiger partial charge in [0.15, 0.2) is 0 Å². The van der Waals surface area contributed by atoms with Gasteiger partial charge in [0.1, 0.15) is 12.0 Å². The van der Waals surface area contributed by atoms with Gasteiger partial charge in [-0.1, -0.05) is 6.92 Å². The molecular formula is C12H18N2O2. The Labute approximate surface area is 95.2 Å². The smallest absolute Gasteiger partial charge is 0.254 e. The van der Waals surface area contributed by atoms with Gasteiger partial charge < -0.3 is 15.5 Å². The maximum atomic E-state index is 11.9. The predicted octanol–water partition coefficient (Wildman–Crippen LogP) is 1.80. The van der Waals surface area contributed by atoms with Gasteiger partial charge in [0.25, 0.3) is 5.91 Å². The van der Waals surface area contributed by atoms with E-state index in [-0.39, 0.29) is 11.4 Å². The van der Waals surface area contributed by atoms with Gasteiger partial charge in [-0.15, -0.1) is 0 Å². The fourth-order valence-electron chi connectivity index (χ4n) is 2.09. The zero-order valence-electron chi connectivity index (χ0n) is 9.58. The minimum Gasteiger partial charge on any atom is -0.467 e. The molecule has 0 unspecified atom stereocenters. The minimum atomic E-state index is -0.0509. The molecule has 0 bridgehead atoms. The summed E-state index contributed by atoms with van der Waals surface area (Å²) in [6, 6.07) is 1.71. The molecule has 4 nitrogen and oxygen atoms in total. The zero-order valence-corrected chi connectivity index (χ0v) is 9.58. The molecule has 1 aliphatic rings. The summed E-state index contributed by atoms with van der Waals surface area (Å²) in [7, 11) is 0. The predicted molar refractivity (Wildman–Crippen MR) is 60.9 cm³/mol. The van der Waals surface area contributed by atoms with Crippen molar-refractivity contribution in [3.63, 3.8) is 0 Å². The van der Waals surface area contributed by atoms with Crippen LogP contribution in [0.15, 0.2) is 16.7 Å². The molecule has 88 valence electrons. The Kier molecular flexibility index (Phi) is 3.01. The fraction of sp³-hybridized carbons (Fsp3) is 0.583. The molecule has 1 aliphatic carbocycles.